The van der Waals surface area contributed by atoms with Gasteiger partial charge in [-0.2, -0.15) is 0 Å². The van der Waals surface area contributed by atoms with E-state index in [1.165, 1.54) is 0 Å². The molecule has 17 heavy (non-hydrogen) atoms. The van der Waals surface area contributed by atoms with E-state index in [0.29, 0.717) is 18.9 Å². The van der Waals surface area contributed by atoms with E-state index >= 15 is 0 Å². The third-order valence-corrected chi connectivity index (χ3v) is 3.21. The minimum absolute atomic E-state index is 0.0140. The van der Waals surface area contributed by atoms with Crippen LogP contribution in [0.3, 0.4) is 0 Å². The molecule has 0 saturated heterocycles. The van der Waals surface area contributed by atoms with Gasteiger partial charge in [0.2, 0.25) is 5.91 Å². The molecular formula is C13H21NO3. The van der Waals surface area contributed by atoms with Gasteiger partial charge in [-0.1, -0.05) is 12.2 Å². The smallest absolute Gasteiger partial charge is 0.305 e. The first-order chi connectivity index (χ1) is 8.04. The van der Waals surface area contributed by atoms with Crippen LogP contribution in [0.25, 0.3) is 0 Å². The van der Waals surface area contributed by atoms with Gasteiger partial charge in [0.25, 0.3) is 0 Å². The van der Waals surface area contributed by atoms with Crippen molar-refractivity contribution >= 4 is 11.9 Å². The molecule has 2 unspecified atom stereocenters. The molecule has 0 heterocycles. The summed E-state index contributed by atoms with van der Waals surface area (Å²) in [5.41, 5.74) is 0. The average molecular weight is 239 g/mol. The molecule has 4 heteroatoms. The second-order valence-electron chi connectivity index (χ2n) is 4.60. The number of nitrogens with zero attached hydrogens (tertiary/aromatic N) is 1. The summed E-state index contributed by atoms with van der Waals surface area (Å²) < 4.78 is 0. The van der Waals surface area contributed by atoms with E-state index in [2.05, 4.69) is 12.2 Å². The Bertz CT molecular complexity index is 312. The first-order valence-electron chi connectivity index (χ1n) is 6.22. The van der Waals surface area contributed by atoms with Crippen molar-refractivity contribution in [2.45, 2.75) is 45.6 Å². The molecule has 0 spiro atoms. The molecule has 0 fully saturated rings. The second kappa shape index (κ2) is 6.42. The Balaban J connectivity index is 2.50. The number of carbonyl (C=O) groups is 2. The van der Waals surface area contributed by atoms with Crippen molar-refractivity contribution in [3.05, 3.63) is 12.2 Å². The zero-order chi connectivity index (χ0) is 12.8. The zero-order valence-electron chi connectivity index (χ0n) is 10.6. The summed E-state index contributed by atoms with van der Waals surface area (Å²) in [7, 11) is 0. The van der Waals surface area contributed by atoms with Crippen LogP contribution in [0.5, 0.6) is 0 Å². The molecule has 4 nitrogen and oxygen atoms in total. The fourth-order valence-corrected chi connectivity index (χ4v) is 2.30. The van der Waals surface area contributed by atoms with Crippen LogP contribution in [0.2, 0.25) is 0 Å². The van der Waals surface area contributed by atoms with Crippen molar-refractivity contribution in [3.8, 4) is 0 Å². The van der Waals surface area contributed by atoms with Crippen LogP contribution >= 0.6 is 0 Å². The Morgan fingerprint density at radius 1 is 1.53 bits per heavy atom. The number of allylic oxidation sites excluding steroid dienone is 2. The predicted molar refractivity (Wildman–Crippen MR) is 65.6 cm³/mol. The van der Waals surface area contributed by atoms with Crippen LogP contribution in [-0.4, -0.2) is 34.5 Å². The SMILES string of the molecule is CCN(C(=O)CC1C=CCC1)C(C)CC(=O)O. The van der Waals surface area contributed by atoms with E-state index < -0.39 is 5.97 Å². The van der Waals surface area contributed by atoms with Crippen LogP contribution < -0.4 is 0 Å². The van der Waals surface area contributed by atoms with Gasteiger partial charge in [0.05, 0.1) is 6.42 Å². The molecule has 0 radical (unpaired) electrons. The molecule has 0 aliphatic heterocycles. The fraction of sp³-hybridized carbons (Fsp3) is 0.692. The monoisotopic (exact) mass is 239 g/mol. The standard InChI is InChI=1S/C13H21NO3/c1-3-14(10(2)8-13(16)17)12(15)9-11-6-4-5-7-11/h4,6,10-11H,3,5,7-9H2,1-2H3,(H,16,17). The van der Waals surface area contributed by atoms with Crippen LogP contribution in [0, 0.1) is 5.92 Å². The van der Waals surface area contributed by atoms with Gasteiger partial charge in [-0.3, -0.25) is 9.59 Å². The Labute approximate surface area is 102 Å². The first-order valence-corrected chi connectivity index (χ1v) is 6.22. The number of rotatable bonds is 6. The minimum atomic E-state index is -0.857. The Morgan fingerprint density at radius 2 is 2.24 bits per heavy atom. The van der Waals surface area contributed by atoms with Gasteiger partial charge < -0.3 is 10.0 Å². The number of carboxylic acids is 1. The summed E-state index contributed by atoms with van der Waals surface area (Å²) in [6.45, 7) is 4.25. The highest BCUT2D eigenvalue weighted by Crippen LogP contribution is 2.22. The van der Waals surface area contributed by atoms with E-state index in [-0.39, 0.29) is 18.4 Å². The van der Waals surface area contributed by atoms with Crippen molar-refractivity contribution < 1.29 is 14.7 Å². The fourth-order valence-electron chi connectivity index (χ4n) is 2.30. The van der Waals surface area contributed by atoms with Crippen molar-refractivity contribution in [3.63, 3.8) is 0 Å². The molecule has 2 atom stereocenters. The lowest BCUT2D eigenvalue weighted by atomic mass is 10.0. The largest absolute Gasteiger partial charge is 0.481 e. The molecule has 96 valence electrons. The lowest BCUT2D eigenvalue weighted by Crippen LogP contribution is -2.40. The Kier molecular flexibility index (Phi) is 5.19. The average Bonchev–Trinajstić information content (AvgIpc) is 2.70. The molecule has 0 saturated carbocycles. The molecule has 1 aliphatic carbocycles. The highest BCUT2D eigenvalue weighted by atomic mass is 16.4. The number of aliphatic carboxylic acids is 1. The van der Waals surface area contributed by atoms with E-state index in [4.69, 9.17) is 5.11 Å². The summed E-state index contributed by atoms with van der Waals surface area (Å²) in [6, 6.07) is -0.226. The van der Waals surface area contributed by atoms with Gasteiger partial charge in [0, 0.05) is 19.0 Å². The van der Waals surface area contributed by atoms with Crippen molar-refractivity contribution in [2.75, 3.05) is 6.54 Å². The predicted octanol–water partition coefficient (Wildman–Crippen LogP) is 2.05. The van der Waals surface area contributed by atoms with Crippen molar-refractivity contribution in [1.29, 1.82) is 0 Å². The van der Waals surface area contributed by atoms with Crippen LogP contribution in [0.1, 0.15) is 39.5 Å². The van der Waals surface area contributed by atoms with Gasteiger partial charge in [-0.15, -0.1) is 0 Å². The maximum atomic E-state index is 12.1. The summed E-state index contributed by atoms with van der Waals surface area (Å²) in [5, 5.41) is 8.75. The summed E-state index contributed by atoms with van der Waals surface area (Å²) in [4.78, 5) is 24.4. The van der Waals surface area contributed by atoms with Gasteiger partial charge in [0.15, 0.2) is 0 Å². The van der Waals surface area contributed by atoms with E-state index in [1.807, 2.05) is 6.92 Å². The first kappa shape index (κ1) is 13.7. The topological polar surface area (TPSA) is 57.6 Å². The van der Waals surface area contributed by atoms with Crippen LogP contribution in [0.4, 0.5) is 0 Å². The summed E-state index contributed by atoms with van der Waals surface area (Å²) >= 11 is 0. The number of carboxylic acid groups (broad SMARTS) is 1. The number of amides is 1. The number of hydrogen-bond donors (Lipinski definition) is 1. The van der Waals surface area contributed by atoms with E-state index in [9.17, 15) is 9.59 Å². The summed E-state index contributed by atoms with van der Waals surface area (Å²) in [5.74, 6) is -0.448. The maximum Gasteiger partial charge on any atom is 0.305 e. The molecule has 1 aliphatic rings. The maximum absolute atomic E-state index is 12.1. The summed E-state index contributed by atoms with van der Waals surface area (Å²) in [6.07, 6.45) is 6.81. The number of hydrogen-bond acceptors (Lipinski definition) is 2. The molecule has 1 rings (SSSR count). The van der Waals surface area contributed by atoms with E-state index in [0.717, 1.165) is 12.8 Å². The van der Waals surface area contributed by atoms with Crippen molar-refractivity contribution in [2.24, 2.45) is 5.92 Å². The quantitative estimate of drug-likeness (QED) is 0.722. The minimum Gasteiger partial charge on any atom is -0.481 e. The number of carbonyl (C=O) groups excluding carboxylic acids is 1. The highest BCUT2D eigenvalue weighted by Gasteiger charge is 2.23. The van der Waals surface area contributed by atoms with Crippen molar-refractivity contribution in [1.82, 2.24) is 4.90 Å². The molecule has 1 amide bonds. The molecule has 1 N–H and O–H groups in total. The van der Waals surface area contributed by atoms with Gasteiger partial charge in [-0.05, 0) is 32.6 Å². The third-order valence-electron chi connectivity index (χ3n) is 3.21. The lowest BCUT2D eigenvalue weighted by molar-refractivity contribution is -0.140. The van der Waals surface area contributed by atoms with Crippen LogP contribution in [0.15, 0.2) is 12.2 Å². The normalized spacial score (nSPS) is 20.2. The third kappa shape index (κ3) is 4.21. The van der Waals surface area contributed by atoms with Gasteiger partial charge >= 0.3 is 5.97 Å². The van der Waals surface area contributed by atoms with E-state index in [1.54, 1.807) is 11.8 Å². The molecule has 0 aromatic carbocycles. The second-order valence-corrected chi connectivity index (χ2v) is 4.60. The molecule has 0 aromatic heterocycles. The Morgan fingerprint density at radius 3 is 2.71 bits per heavy atom. The van der Waals surface area contributed by atoms with Gasteiger partial charge in [-0.25, -0.2) is 0 Å². The zero-order valence-corrected chi connectivity index (χ0v) is 10.6. The molecule has 0 bridgehead atoms. The molecular weight excluding hydrogens is 218 g/mol. The van der Waals surface area contributed by atoms with Crippen LogP contribution in [-0.2, 0) is 9.59 Å². The van der Waals surface area contributed by atoms with Gasteiger partial charge in [0.1, 0.15) is 0 Å². The lowest BCUT2D eigenvalue weighted by Gasteiger charge is -2.28. The highest BCUT2D eigenvalue weighted by molar-refractivity contribution is 5.78. The Hall–Kier alpha value is -1.32. The molecule has 0 aromatic rings.